The summed E-state index contributed by atoms with van der Waals surface area (Å²) in [4.78, 5) is 0.183. The van der Waals surface area contributed by atoms with E-state index >= 15 is 0 Å². The second-order valence-electron chi connectivity index (χ2n) is 5.59. The lowest BCUT2D eigenvalue weighted by Crippen LogP contribution is -2.25. The van der Waals surface area contributed by atoms with Crippen molar-refractivity contribution in [2.45, 2.75) is 17.7 Å². The fourth-order valence-electron chi connectivity index (χ4n) is 2.14. The molecule has 2 aromatic rings. The van der Waals surface area contributed by atoms with E-state index in [2.05, 4.69) is 4.72 Å². The van der Waals surface area contributed by atoms with Crippen molar-refractivity contribution in [1.82, 2.24) is 4.72 Å². The Balaban J connectivity index is 1.75. The highest BCUT2D eigenvalue weighted by molar-refractivity contribution is 7.89. The van der Waals surface area contributed by atoms with Crippen molar-refractivity contribution >= 4 is 21.6 Å². The molecular weight excluding hydrogens is 348 g/mol. The average molecular weight is 363 g/mol. The number of hydrogen-bond acceptors (Lipinski definition) is 4. The molecule has 24 heavy (non-hydrogen) atoms. The fourth-order valence-corrected chi connectivity index (χ4v) is 3.47. The Morgan fingerprint density at radius 1 is 1.21 bits per heavy atom. The molecule has 0 spiro atoms. The summed E-state index contributed by atoms with van der Waals surface area (Å²) in [6.45, 7) is 0.481. The third kappa shape index (κ3) is 3.88. The maximum absolute atomic E-state index is 12.2. The number of ether oxygens (including phenoxy) is 1. The summed E-state index contributed by atoms with van der Waals surface area (Å²) in [5.41, 5.74) is 0.238. The normalized spacial score (nSPS) is 14.2. The zero-order valence-electron chi connectivity index (χ0n) is 12.7. The molecule has 1 fully saturated rings. The monoisotopic (exact) mass is 362 g/mol. The SMILES string of the molecule is N#Cc1c(Cl)cccc1Oc1ccc(S(=O)(=O)NCC2CC2)cc1. The molecule has 0 amide bonds. The van der Waals surface area contributed by atoms with Crippen LogP contribution in [0.3, 0.4) is 0 Å². The molecule has 0 radical (unpaired) electrons. The van der Waals surface area contributed by atoms with Crippen LogP contribution in [0.25, 0.3) is 0 Å². The molecule has 0 bridgehead atoms. The predicted octanol–water partition coefficient (Wildman–Crippen LogP) is 3.69. The molecule has 0 unspecified atom stereocenters. The highest BCUT2D eigenvalue weighted by Gasteiger charge is 2.24. The molecule has 1 aliphatic carbocycles. The Morgan fingerprint density at radius 3 is 2.54 bits per heavy atom. The third-order valence-corrected chi connectivity index (χ3v) is 5.46. The minimum absolute atomic E-state index is 0.183. The maximum atomic E-state index is 12.2. The first-order chi connectivity index (χ1) is 11.5. The lowest BCUT2D eigenvalue weighted by molar-refractivity contribution is 0.480. The minimum atomic E-state index is -3.50. The molecule has 0 saturated heterocycles. The van der Waals surface area contributed by atoms with Crippen LogP contribution in [0, 0.1) is 17.2 Å². The number of nitrogens with zero attached hydrogens (tertiary/aromatic N) is 1. The van der Waals surface area contributed by atoms with Gasteiger partial charge in [0, 0.05) is 6.54 Å². The van der Waals surface area contributed by atoms with Gasteiger partial charge in [-0.3, -0.25) is 0 Å². The molecule has 7 heteroatoms. The van der Waals surface area contributed by atoms with Gasteiger partial charge in [0.25, 0.3) is 0 Å². The van der Waals surface area contributed by atoms with E-state index in [4.69, 9.17) is 21.6 Å². The van der Waals surface area contributed by atoms with Gasteiger partial charge in [0.15, 0.2) is 0 Å². The Morgan fingerprint density at radius 2 is 1.92 bits per heavy atom. The Bertz CT molecular complexity index is 885. The Kier molecular flexibility index (Phi) is 4.76. The molecule has 124 valence electrons. The van der Waals surface area contributed by atoms with Crippen LogP contribution in [0.1, 0.15) is 18.4 Å². The molecule has 5 nitrogen and oxygen atoms in total. The van der Waals surface area contributed by atoms with Gasteiger partial charge in [0.05, 0.1) is 9.92 Å². The number of nitriles is 1. The van der Waals surface area contributed by atoms with Crippen LogP contribution in [0.4, 0.5) is 0 Å². The standard InChI is InChI=1S/C17H15ClN2O3S/c18-16-2-1-3-17(15(16)10-19)23-13-6-8-14(9-7-13)24(21,22)20-11-12-4-5-12/h1-3,6-9,12,20H,4-5,11H2. The van der Waals surface area contributed by atoms with E-state index in [1.54, 1.807) is 30.3 Å². The Labute approximate surface area is 145 Å². The molecule has 0 atom stereocenters. The van der Waals surface area contributed by atoms with E-state index in [1.165, 1.54) is 12.1 Å². The zero-order chi connectivity index (χ0) is 17.2. The lowest BCUT2D eigenvalue weighted by atomic mass is 10.2. The van der Waals surface area contributed by atoms with Gasteiger partial charge in [-0.15, -0.1) is 0 Å². The van der Waals surface area contributed by atoms with Gasteiger partial charge >= 0.3 is 0 Å². The van der Waals surface area contributed by atoms with E-state index in [-0.39, 0.29) is 10.5 Å². The van der Waals surface area contributed by atoms with Crippen molar-refractivity contribution in [2.24, 2.45) is 5.92 Å². The van der Waals surface area contributed by atoms with Gasteiger partial charge in [0.2, 0.25) is 10.0 Å². The first-order valence-electron chi connectivity index (χ1n) is 7.46. The summed E-state index contributed by atoms with van der Waals surface area (Å²) in [7, 11) is -3.50. The van der Waals surface area contributed by atoms with Crippen molar-refractivity contribution in [1.29, 1.82) is 5.26 Å². The van der Waals surface area contributed by atoms with Crippen LogP contribution < -0.4 is 9.46 Å². The summed E-state index contributed by atoms with van der Waals surface area (Å²) in [5.74, 6) is 1.22. The van der Waals surface area contributed by atoms with Crippen LogP contribution in [0.15, 0.2) is 47.4 Å². The number of nitrogens with one attached hydrogen (secondary N) is 1. The molecule has 0 heterocycles. The van der Waals surface area contributed by atoms with Crippen molar-refractivity contribution in [3.63, 3.8) is 0 Å². The van der Waals surface area contributed by atoms with Crippen LogP contribution in [0.5, 0.6) is 11.5 Å². The first kappa shape index (κ1) is 16.8. The van der Waals surface area contributed by atoms with E-state index in [0.717, 1.165) is 12.8 Å². The molecular formula is C17H15ClN2O3S. The largest absolute Gasteiger partial charge is 0.456 e. The van der Waals surface area contributed by atoms with Crippen molar-refractivity contribution in [2.75, 3.05) is 6.54 Å². The summed E-state index contributed by atoms with van der Waals surface area (Å²) >= 11 is 5.96. The van der Waals surface area contributed by atoms with Gasteiger partial charge < -0.3 is 4.74 Å². The zero-order valence-corrected chi connectivity index (χ0v) is 14.3. The highest BCUT2D eigenvalue weighted by atomic mass is 35.5. The van der Waals surface area contributed by atoms with Gasteiger partial charge in [-0.05, 0) is 55.2 Å². The third-order valence-electron chi connectivity index (χ3n) is 3.71. The van der Waals surface area contributed by atoms with E-state index in [1.807, 2.05) is 6.07 Å². The quantitative estimate of drug-likeness (QED) is 0.849. The number of halogens is 1. The second-order valence-corrected chi connectivity index (χ2v) is 7.77. The molecule has 1 N–H and O–H groups in total. The molecule has 3 rings (SSSR count). The fraction of sp³-hybridized carbons (Fsp3) is 0.235. The van der Waals surface area contributed by atoms with Gasteiger partial charge in [-0.2, -0.15) is 5.26 Å². The molecule has 1 aliphatic rings. The van der Waals surface area contributed by atoms with Crippen LogP contribution in [-0.2, 0) is 10.0 Å². The maximum Gasteiger partial charge on any atom is 0.240 e. The Hall–Kier alpha value is -2.07. The molecule has 0 aromatic heterocycles. The predicted molar refractivity (Wildman–Crippen MR) is 90.6 cm³/mol. The lowest BCUT2D eigenvalue weighted by Gasteiger charge is -2.10. The number of hydrogen-bond donors (Lipinski definition) is 1. The van der Waals surface area contributed by atoms with Gasteiger partial charge in [-0.1, -0.05) is 17.7 Å². The van der Waals surface area contributed by atoms with Gasteiger partial charge in [-0.25, -0.2) is 13.1 Å². The summed E-state index contributed by atoms with van der Waals surface area (Å²) in [6, 6.07) is 13.0. The number of benzene rings is 2. The highest BCUT2D eigenvalue weighted by Crippen LogP contribution is 2.30. The van der Waals surface area contributed by atoms with Crippen LogP contribution >= 0.6 is 11.6 Å². The van der Waals surface area contributed by atoms with E-state index in [0.29, 0.717) is 29.0 Å². The molecule has 2 aromatic carbocycles. The average Bonchev–Trinajstić information content (AvgIpc) is 3.38. The van der Waals surface area contributed by atoms with Crippen LogP contribution in [-0.4, -0.2) is 15.0 Å². The second kappa shape index (κ2) is 6.81. The molecule has 0 aliphatic heterocycles. The van der Waals surface area contributed by atoms with Crippen molar-refractivity contribution in [3.8, 4) is 17.6 Å². The topological polar surface area (TPSA) is 79.2 Å². The van der Waals surface area contributed by atoms with Crippen molar-refractivity contribution < 1.29 is 13.2 Å². The first-order valence-corrected chi connectivity index (χ1v) is 9.32. The summed E-state index contributed by atoms with van der Waals surface area (Å²) in [5, 5.41) is 9.44. The van der Waals surface area contributed by atoms with Crippen molar-refractivity contribution in [3.05, 3.63) is 53.1 Å². The number of rotatable bonds is 6. The number of sulfonamides is 1. The smallest absolute Gasteiger partial charge is 0.240 e. The van der Waals surface area contributed by atoms with Crippen LogP contribution in [0.2, 0.25) is 5.02 Å². The molecule has 1 saturated carbocycles. The summed E-state index contributed by atoms with van der Waals surface area (Å²) < 4.78 is 32.6. The van der Waals surface area contributed by atoms with E-state index in [9.17, 15) is 8.42 Å². The van der Waals surface area contributed by atoms with Gasteiger partial charge in [0.1, 0.15) is 23.1 Å². The minimum Gasteiger partial charge on any atom is -0.456 e. The summed E-state index contributed by atoms with van der Waals surface area (Å²) in [6.07, 6.45) is 2.16. The van der Waals surface area contributed by atoms with E-state index < -0.39 is 10.0 Å².